The summed E-state index contributed by atoms with van der Waals surface area (Å²) in [5, 5.41) is 24.2. The number of benzene rings is 16. The van der Waals surface area contributed by atoms with Gasteiger partial charge in [-0.1, -0.05) is 182 Å². The first-order chi connectivity index (χ1) is 64.1. The van der Waals surface area contributed by atoms with Crippen LogP contribution in [0.4, 0.5) is 0 Å². The van der Waals surface area contributed by atoms with Gasteiger partial charge in [0, 0.05) is 181 Å². The molecule has 0 unspecified atom stereocenters. The number of rotatable bonds is 6. The molecule has 14 heterocycles. The average Bonchev–Trinajstić information content (AvgIpc) is 1.54. The molecular formula is C115H70N14. The van der Waals surface area contributed by atoms with Crippen LogP contribution in [0, 0.1) is 0 Å². The quantitative estimate of drug-likeness (QED) is 0.154. The normalized spacial score (nSPS) is 12.2. The molecule has 600 valence electrons. The highest BCUT2D eigenvalue weighted by Crippen LogP contribution is 2.50. The summed E-state index contributed by atoms with van der Waals surface area (Å²) in [6.07, 6.45) is 15.5. The van der Waals surface area contributed by atoms with Crippen LogP contribution >= 0.6 is 0 Å². The maximum Gasteiger partial charge on any atom is 0.146 e. The number of fused-ring (bicyclic) bond motifs is 39. The van der Waals surface area contributed by atoms with Gasteiger partial charge in [0.05, 0.1) is 82.8 Å². The van der Waals surface area contributed by atoms with Crippen molar-refractivity contribution in [2.24, 2.45) is 0 Å². The highest BCUT2D eigenvalue weighted by Gasteiger charge is 2.28. The summed E-state index contributed by atoms with van der Waals surface area (Å²) < 4.78 is 20.9. The lowest BCUT2D eigenvalue weighted by Gasteiger charge is -2.11. The Morgan fingerprint density at radius 2 is 0.395 bits per heavy atom. The SMILES string of the molecule is c1ccc(-n2c3ccccc3c3c4c5cc6c(cc5n(-c5ccccc5)c4ccc32)c2nccn2c2cccnc62)cc1.c1ccc(-n2c3ccccc3c3c4c5cc6c7ccccc7n7ccnc7c6cc5n(-c5ccccc5)c4ccc32)cc1.c1ccc(-n2c3ccccc3c3c4c5cc6c7cccnc7n7ccnc7c6cc5n(-c5ccccc5)c4ccc32)cc1. The molecule has 129 heavy (non-hydrogen) atoms. The monoisotopic (exact) mass is 1650 g/mol. The van der Waals surface area contributed by atoms with Crippen LogP contribution in [-0.4, -0.2) is 65.5 Å². The molecule has 0 aliphatic carbocycles. The predicted octanol–water partition coefficient (Wildman–Crippen LogP) is 28.3. The summed E-state index contributed by atoms with van der Waals surface area (Å²) in [5.74, 6) is 0. The molecule has 0 radical (unpaired) electrons. The second kappa shape index (κ2) is 27.4. The molecule has 0 N–H and O–H groups in total. The molecule has 14 aromatic heterocycles. The summed E-state index contributed by atoms with van der Waals surface area (Å²) in [4.78, 5) is 24.1. The van der Waals surface area contributed by atoms with Gasteiger partial charge in [-0.3, -0.25) is 18.2 Å². The fraction of sp³-hybridized carbons (Fsp3) is 0. The highest BCUT2D eigenvalue weighted by molar-refractivity contribution is 6.35. The van der Waals surface area contributed by atoms with E-state index in [1.165, 1.54) is 136 Å². The van der Waals surface area contributed by atoms with Gasteiger partial charge >= 0.3 is 0 Å². The zero-order valence-electron chi connectivity index (χ0n) is 69.2. The van der Waals surface area contributed by atoms with Gasteiger partial charge in [-0.15, -0.1) is 0 Å². The fourth-order valence-electron chi connectivity index (χ4n) is 21.7. The van der Waals surface area contributed by atoms with Crippen LogP contribution in [0.1, 0.15) is 0 Å². The lowest BCUT2D eigenvalue weighted by atomic mass is 10.0. The number of nitrogens with zero attached hydrogens (tertiary/aromatic N) is 14. The standard InChI is InChI=1S/C39H24N4.2C38H23N5/c1-3-11-25(12-4-1)42-33-18-10-8-16-28(33)37-34(42)19-20-35-38(37)31-23-29-27-15-7-9-17-32(27)41-22-21-40-39(41)30(29)24-36(31)43(35)26-13-5-2-6-14-26;1-3-10-24(11-4-1)42-31-16-8-7-14-27(31)35-32(42)17-18-33-36(35)30-22-28-26-15-9-19-39-37(26)41-21-20-40-38(41)29(28)23-34(30)43(33)25-12-5-2-6-13-25;1-3-10-24(11-4-1)42-30-15-8-7-14-26(30)35-31(42)17-18-32-36(35)29-22-27-28(23-34(29)43(32)25-12-5-2-6-13-25)38-40-20-21-41(38)33-16-9-19-39-37(27)33/h1-24H;2*1-23H. The minimum absolute atomic E-state index is 0.916. The number of hydrogen-bond acceptors (Lipinski definition) is 5. The Morgan fingerprint density at radius 3 is 0.791 bits per heavy atom. The Labute approximate surface area is 733 Å². The predicted molar refractivity (Wildman–Crippen MR) is 532 cm³/mol. The van der Waals surface area contributed by atoms with Gasteiger partial charge in [0.25, 0.3) is 0 Å². The first-order valence-corrected chi connectivity index (χ1v) is 43.7. The van der Waals surface area contributed by atoms with Crippen molar-refractivity contribution in [1.29, 1.82) is 0 Å². The van der Waals surface area contributed by atoms with Crippen LogP contribution in [0.15, 0.2) is 426 Å². The molecule has 0 fully saturated rings. The molecule has 0 saturated carbocycles. The van der Waals surface area contributed by atoms with Crippen molar-refractivity contribution in [3.8, 4) is 34.1 Å². The fourth-order valence-corrected chi connectivity index (χ4v) is 21.7. The van der Waals surface area contributed by atoms with E-state index >= 15 is 0 Å². The summed E-state index contributed by atoms with van der Waals surface area (Å²) >= 11 is 0. The van der Waals surface area contributed by atoms with Crippen LogP contribution in [0.2, 0.25) is 0 Å². The first-order valence-electron chi connectivity index (χ1n) is 43.7. The lowest BCUT2D eigenvalue weighted by molar-refractivity contribution is 1.17. The zero-order valence-corrected chi connectivity index (χ0v) is 69.2. The Balaban J connectivity index is 0.0000000976. The van der Waals surface area contributed by atoms with Gasteiger partial charge in [-0.2, -0.15) is 0 Å². The number of pyridine rings is 5. The van der Waals surface area contributed by atoms with Crippen LogP contribution in [0.3, 0.4) is 0 Å². The van der Waals surface area contributed by atoms with E-state index in [4.69, 9.17) is 24.9 Å². The second-order valence-electron chi connectivity index (χ2n) is 33.5. The minimum Gasteiger partial charge on any atom is -0.309 e. The molecule has 0 aliphatic rings. The minimum atomic E-state index is 0.916. The zero-order chi connectivity index (χ0) is 84.2. The molecule has 0 amide bonds. The van der Waals surface area contributed by atoms with E-state index in [0.717, 1.165) is 111 Å². The van der Waals surface area contributed by atoms with Gasteiger partial charge < -0.3 is 27.4 Å². The third kappa shape index (κ3) is 10.1. The van der Waals surface area contributed by atoms with Crippen molar-refractivity contribution in [3.63, 3.8) is 0 Å². The number of aromatic nitrogens is 14. The molecule has 0 aliphatic heterocycles. The van der Waals surface area contributed by atoms with Gasteiger partial charge in [0.15, 0.2) is 0 Å². The van der Waals surface area contributed by atoms with Gasteiger partial charge in [0.2, 0.25) is 0 Å². The van der Waals surface area contributed by atoms with Crippen LogP contribution in [0.5, 0.6) is 0 Å². The molecular weight excluding hydrogens is 1580 g/mol. The summed E-state index contributed by atoms with van der Waals surface area (Å²) in [5.41, 5.74) is 28.1. The molecule has 0 spiro atoms. The van der Waals surface area contributed by atoms with Crippen LogP contribution in [-0.2, 0) is 0 Å². The van der Waals surface area contributed by atoms with E-state index in [1.807, 2.05) is 55.5 Å². The van der Waals surface area contributed by atoms with Gasteiger partial charge in [0.1, 0.15) is 22.6 Å². The molecule has 16 aromatic carbocycles. The smallest absolute Gasteiger partial charge is 0.146 e. The topological polar surface area (TPSA) is 107 Å². The van der Waals surface area contributed by atoms with Crippen molar-refractivity contribution in [1.82, 2.24) is 65.5 Å². The van der Waals surface area contributed by atoms with E-state index in [1.54, 1.807) is 0 Å². The number of imidazole rings is 3. The summed E-state index contributed by atoms with van der Waals surface area (Å²) in [7, 11) is 0. The molecule has 14 nitrogen and oxygen atoms in total. The summed E-state index contributed by atoms with van der Waals surface area (Å²) in [6, 6.07) is 135. The van der Waals surface area contributed by atoms with E-state index < -0.39 is 0 Å². The van der Waals surface area contributed by atoms with Crippen LogP contribution in [0.25, 0.3) is 247 Å². The highest BCUT2D eigenvalue weighted by atomic mass is 15.1. The number of hydrogen-bond donors (Lipinski definition) is 0. The van der Waals surface area contributed by atoms with Gasteiger partial charge in [-0.25, -0.2) is 19.9 Å². The molecule has 0 saturated heterocycles. The molecule has 14 heteroatoms. The lowest BCUT2D eigenvalue weighted by Crippen LogP contribution is -1.95. The van der Waals surface area contributed by atoms with Crippen molar-refractivity contribution < 1.29 is 0 Å². The Morgan fingerprint density at radius 1 is 0.140 bits per heavy atom. The average molecular weight is 1650 g/mol. The van der Waals surface area contributed by atoms with E-state index in [2.05, 4.69) is 411 Å². The van der Waals surface area contributed by atoms with Gasteiger partial charge in [-0.05, 0) is 205 Å². The maximum absolute atomic E-state index is 4.89. The van der Waals surface area contributed by atoms with Crippen LogP contribution < -0.4 is 0 Å². The van der Waals surface area contributed by atoms with E-state index in [-0.39, 0.29) is 0 Å². The molecule has 30 aromatic rings. The second-order valence-corrected chi connectivity index (χ2v) is 33.5. The molecule has 0 bridgehead atoms. The molecule has 0 atom stereocenters. The van der Waals surface area contributed by atoms with E-state index in [9.17, 15) is 0 Å². The van der Waals surface area contributed by atoms with Crippen molar-refractivity contribution in [2.45, 2.75) is 0 Å². The number of para-hydroxylation sites is 10. The molecule has 30 rings (SSSR count). The largest absolute Gasteiger partial charge is 0.309 e. The summed E-state index contributed by atoms with van der Waals surface area (Å²) in [6.45, 7) is 0. The Hall–Kier alpha value is -17.8. The Kier molecular flexibility index (Phi) is 15.0. The maximum atomic E-state index is 4.89. The Bertz CT molecular complexity index is 9040. The van der Waals surface area contributed by atoms with Crippen molar-refractivity contribution in [3.05, 3.63) is 426 Å². The van der Waals surface area contributed by atoms with Crippen molar-refractivity contribution >= 4 is 213 Å². The third-order valence-corrected chi connectivity index (χ3v) is 26.9. The third-order valence-electron chi connectivity index (χ3n) is 26.9. The first kappa shape index (κ1) is 70.8. The van der Waals surface area contributed by atoms with E-state index in [0.29, 0.717) is 0 Å². The van der Waals surface area contributed by atoms with Crippen molar-refractivity contribution in [2.75, 3.05) is 0 Å².